The van der Waals surface area contributed by atoms with Crippen LogP contribution in [0.25, 0.3) is 0 Å². The summed E-state index contributed by atoms with van der Waals surface area (Å²) >= 11 is 1.72. The van der Waals surface area contributed by atoms with Crippen LogP contribution >= 0.6 is 11.3 Å². The quantitative estimate of drug-likeness (QED) is 0.384. The van der Waals surface area contributed by atoms with Crippen LogP contribution in [0.4, 0.5) is 0 Å². The van der Waals surface area contributed by atoms with Gasteiger partial charge in [0, 0.05) is 29.1 Å². The van der Waals surface area contributed by atoms with E-state index in [2.05, 4.69) is 11.4 Å². The lowest BCUT2D eigenvalue weighted by atomic mass is 10.00. The molecule has 0 unspecified atom stereocenters. The van der Waals surface area contributed by atoms with Gasteiger partial charge < -0.3 is 19.3 Å². The summed E-state index contributed by atoms with van der Waals surface area (Å²) in [6.07, 6.45) is 1.57. The zero-order valence-corrected chi connectivity index (χ0v) is 22.2. The van der Waals surface area contributed by atoms with E-state index < -0.39 is 0 Å². The Morgan fingerprint density at radius 3 is 2.61 bits per heavy atom. The van der Waals surface area contributed by atoms with Crippen LogP contribution < -0.4 is 9.47 Å². The normalized spacial score (nSPS) is 15.7. The number of thiophene rings is 1. The van der Waals surface area contributed by atoms with Crippen LogP contribution in [0.3, 0.4) is 0 Å². The third-order valence-corrected chi connectivity index (χ3v) is 7.85. The molecule has 2 aromatic carbocycles. The van der Waals surface area contributed by atoms with Gasteiger partial charge in [-0.1, -0.05) is 30.7 Å². The highest BCUT2D eigenvalue weighted by molar-refractivity contribution is 7.10. The molecule has 0 bridgehead atoms. The summed E-state index contributed by atoms with van der Waals surface area (Å²) in [5.41, 5.74) is 2.82. The van der Waals surface area contributed by atoms with Gasteiger partial charge in [-0.05, 0) is 68.0 Å². The molecule has 3 aromatic rings. The van der Waals surface area contributed by atoms with Gasteiger partial charge in [-0.15, -0.1) is 11.3 Å². The average Bonchev–Trinajstić information content (AvgIpc) is 3.39. The second-order valence-electron chi connectivity index (χ2n) is 9.20. The number of ether oxygens (including phenoxy) is 2. The van der Waals surface area contributed by atoms with Gasteiger partial charge in [-0.25, -0.2) is 0 Å². The van der Waals surface area contributed by atoms with Crippen LogP contribution in [-0.2, 0) is 11.2 Å². The zero-order valence-electron chi connectivity index (χ0n) is 21.4. The molecular formula is C29H34N2O4S. The third kappa shape index (κ3) is 5.73. The number of hydrogen-bond donors (Lipinski definition) is 0. The summed E-state index contributed by atoms with van der Waals surface area (Å²) in [5.74, 6) is 1.24. The smallest absolute Gasteiger partial charge is 0.254 e. The van der Waals surface area contributed by atoms with Crippen LogP contribution in [-0.4, -0.2) is 54.5 Å². The molecule has 0 spiro atoms. The van der Waals surface area contributed by atoms with E-state index in [0.29, 0.717) is 24.5 Å². The van der Waals surface area contributed by atoms with Crippen molar-refractivity contribution in [1.82, 2.24) is 9.80 Å². The number of aryl methyl sites for hydroxylation is 1. The minimum atomic E-state index is -0.216. The molecule has 1 aliphatic rings. The Bertz CT molecular complexity index is 1190. The molecule has 0 radical (unpaired) electrons. The number of hydrogen-bond acceptors (Lipinski definition) is 5. The van der Waals surface area contributed by atoms with Gasteiger partial charge in [0.25, 0.3) is 5.91 Å². The van der Waals surface area contributed by atoms with E-state index in [0.717, 1.165) is 29.7 Å². The fourth-order valence-corrected chi connectivity index (χ4v) is 5.42. The molecular weight excluding hydrogens is 472 g/mol. The zero-order chi connectivity index (χ0) is 25.7. The molecule has 0 saturated heterocycles. The van der Waals surface area contributed by atoms with Gasteiger partial charge >= 0.3 is 0 Å². The number of methoxy groups -OCH3 is 1. The van der Waals surface area contributed by atoms with E-state index in [1.807, 2.05) is 74.2 Å². The topological polar surface area (TPSA) is 59.1 Å². The number of amides is 2. The minimum Gasteiger partial charge on any atom is -0.497 e. The van der Waals surface area contributed by atoms with Gasteiger partial charge in [-0.3, -0.25) is 9.59 Å². The highest BCUT2D eigenvalue weighted by Crippen LogP contribution is 2.34. The van der Waals surface area contributed by atoms with E-state index in [4.69, 9.17) is 9.47 Å². The lowest BCUT2D eigenvalue weighted by Gasteiger charge is -2.38. The van der Waals surface area contributed by atoms with E-state index in [1.165, 1.54) is 4.88 Å². The Morgan fingerprint density at radius 2 is 1.89 bits per heavy atom. The summed E-state index contributed by atoms with van der Waals surface area (Å²) in [7, 11) is 1.62. The van der Waals surface area contributed by atoms with Gasteiger partial charge in [0.15, 0.2) is 0 Å². The average molecular weight is 507 g/mol. The van der Waals surface area contributed by atoms with Crippen molar-refractivity contribution in [2.75, 3.05) is 26.8 Å². The number of carbonyl (C=O) groups is 2. The maximum Gasteiger partial charge on any atom is 0.254 e. The van der Waals surface area contributed by atoms with Crippen molar-refractivity contribution in [3.63, 3.8) is 0 Å². The Morgan fingerprint density at radius 1 is 1.14 bits per heavy atom. The summed E-state index contributed by atoms with van der Waals surface area (Å²) in [5, 5.41) is 2.07. The van der Waals surface area contributed by atoms with Crippen LogP contribution in [0.15, 0.2) is 60.0 Å². The summed E-state index contributed by atoms with van der Waals surface area (Å²) in [6.45, 7) is 7.00. The Hall–Kier alpha value is -3.32. The van der Waals surface area contributed by atoms with Crippen LogP contribution in [0.5, 0.6) is 11.5 Å². The number of fused-ring (bicyclic) bond motifs is 1. The van der Waals surface area contributed by atoms with Crippen molar-refractivity contribution in [3.8, 4) is 11.5 Å². The predicted molar refractivity (Wildman–Crippen MR) is 143 cm³/mol. The maximum atomic E-state index is 13.7. The van der Waals surface area contributed by atoms with Crippen molar-refractivity contribution in [2.45, 2.75) is 45.7 Å². The number of carbonyl (C=O) groups excluding carboxylic acids is 2. The standard InChI is InChI=1S/C29H34N2O4S/c1-5-21(3)31(29(33)22-11-9-20(2)10-12-22)18-28(32)30-15-13-27-25(14-16-36-27)26(30)19-35-24-8-6-7-23(17-24)34-4/h6-12,14,16-17,21,26H,5,13,15,18-19H2,1-4H3/t21-,26+/m0/s1. The first-order valence-corrected chi connectivity index (χ1v) is 13.3. The molecule has 0 fully saturated rings. The first-order valence-electron chi connectivity index (χ1n) is 12.4. The second kappa shape index (κ2) is 11.6. The molecule has 6 nitrogen and oxygen atoms in total. The van der Waals surface area contributed by atoms with Crippen molar-refractivity contribution >= 4 is 23.2 Å². The number of nitrogens with zero attached hydrogens (tertiary/aromatic N) is 2. The van der Waals surface area contributed by atoms with E-state index >= 15 is 0 Å². The molecule has 2 heterocycles. The maximum absolute atomic E-state index is 13.7. The number of rotatable bonds is 9. The van der Waals surface area contributed by atoms with Crippen LogP contribution in [0.1, 0.15) is 52.7 Å². The predicted octanol–water partition coefficient (Wildman–Crippen LogP) is 5.51. The molecule has 4 rings (SSSR count). The lowest BCUT2D eigenvalue weighted by molar-refractivity contribution is -0.136. The summed E-state index contributed by atoms with van der Waals surface area (Å²) in [6, 6.07) is 16.8. The molecule has 36 heavy (non-hydrogen) atoms. The fraction of sp³-hybridized carbons (Fsp3) is 0.379. The number of benzene rings is 2. The largest absolute Gasteiger partial charge is 0.497 e. The molecule has 0 saturated carbocycles. The van der Waals surface area contributed by atoms with Crippen LogP contribution in [0, 0.1) is 6.92 Å². The van der Waals surface area contributed by atoms with Crippen molar-refractivity contribution < 1.29 is 19.1 Å². The summed E-state index contributed by atoms with van der Waals surface area (Å²) in [4.78, 5) is 32.0. The van der Waals surface area contributed by atoms with E-state index in [-0.39, 0.29) is 30.4 Å². The highest BCUT2D eigenvalue weighted by atomic mass is 32.1. The SMILES string of the molecule is CC[C@H](C)N(CC(=O)N1CCc2sccc2[C@H]1COc1cccc(OC)c1)C(=O)c1ccc(C)cc1. The molecule has 2 atom stereocenters. The monoisotopic (exact) mass is 506 g/mol. The molecule has 1 aromatic heterocycles. The fourth-order valence-electron chi connectivity index (χ4n) is 4.49. The molecule has 0 aliphatic carbocycles. The Balaban J connectivity index is 1.54. The second-order valence-corrected chi connectivity index (χ2v) is 10.2. The van der Waals surface area contributed by atoms with Gasteiger partial charge in [-0.2, -0.15) is 0 Å². The van der Waals surface area contributed by atoms with Gasteiger partial charge in [0.2, 0.25) is 5.91 Å². The molecule has 2 amide bonds. The Labute approximate surface area is 217 Å². The molecule has 7 heteroatoms. The third-order valence-electron chi connectivity index (χ3n) is 6.85. The van der Waals surface area contributed by atoms with Crippen LogP contribution in [0.2, 0.25) is 0 Å². The summed E-state index contributed by atoms with van der Waals surface area (Å²) < 4.78 is 11.5. The lowest BCUT2D eigenvalue weighted by Crippen LogP contribution is -2.49. The first kappa shape index (κ1) is 25.8. The van der Waals surface area contributed by atoms with Crippen molar-refractivity contribution in [3.05, 3.63) is 81.5 Å². The van der Waals surface area contributed by atoms with Crippen molar-refractivity contribution in [2.24, 2.45) is 0 Å². The first-order chi connectivity index (χ1) is 17.4. The molecule has 0 N–H and O–H groups in total. The molecule has 1 aliphatic heterocycles. The Kier molecular flexibility index (Phi) is 8.31. The van der Waals surface area contributed by atoms with Gasteiger partial charge in [0.05, 0.1) is 13.2 Å². The van der Waals surface area contributed by atoms with Crippen molar-refractivity contribution in [1.29, 1.82) is 0 Å². The van der Waals surface area contributed by atoms with E-state index in [1.54, 1.807) is 23.3 Å². The van der Waals surface area contributed by atoms with E-state index in [9.17, 15) is 9.59 Å². The minimum absolute atomic E-state index is 0.0385. The molecule has 190 valence electrons. The highest BCUT2D eigenvalue weighted by Gasteiger charge is 2.34. The van der Waals surface area contributed by atoms with Gasteiger partial charge in [0.1, 0.15) is 24.7 Å².